The lowest BCUT2D eigenvalue weighted by Gasteiger charge is -2.07. The van der Waals surface area contributed by atoms with Crippen LogP contribution < -0.4 is 0 Å². The zero-order valence-corrected chi connectivity index (χ0v) is 13.4. The summed E-state index contributed by atoms with van der Waals surface area (Å²) >= 11 is 9.76. The number of hydrogen-bond donors (Lipinski definition) is 0. The second kappa shape index (κ2) is 5.37. The molecule has 1 aromatic carbocycles. The van der Waals surface area contributed by atoms with Crippen LogP contribution in [0.25, 0.3) is 11.6 Å². The van der Waals surface area contributed by atoms with Crippen LogP contribution in [-0.4, -0.2) is 9.55 Å². The maximum Gasteiger partial charge on any atom is 0.0949 e. The van der Waals surface area contributed by atoms with Crippen molar-refractivity contribution in [3.05, 3.63) is 64.5 Å². The molecule has 0 saturated carbocycles. The predicted octanol–water partition coefficient (Wildman–Crippen LogP) is 5.30. The van der Waals surface area contributed by atoms with E-state index in [2.05, 4.69) is 33.1 Å². The quantitative estimate of drug-likeness (QED) is 0.634. The summed E-state index contributed by atoms with van der Waals surface area (Å²) in [5, 5.41) is 2.93. The number of benzene rings is 1. The van der Waals surface area contributed by atoms with E-state index in [0.717, 1.165) is 11.6 Å². The second-order valence-electron chi connectivity index (χ2n) is 4.81. The monoisotopic (exact) mass is 330 g/mol. The minimum atomic E-state index is 0.776. The lowest BCUT2D eigenvalue weighted by Crippen LogP contribution is -1.97. The van der Waals surface area contributed by atoms with Gasteiger partial charge in [0.25, 0.3) is 0 Å². The van der Waals surface area contributed by atoms with Crippen molar-refractivity contribution in [2.45, 2.75) is 15.6 Å². The lowest BCUT2D eigenvalue weighted by atomic mass is 10.1. The summed E-state index contributed by atoms with van der Waals surface area (Å²) in [6.45, 7) is 0.816. The molecule has 0 aliphatic carbocycles. The van der Waals surface area contributed by atoms with Crippen LogP contribution in [0.5, 0.6) is 0 Å². The van der Waals surface area contributed by atoms with Gasteiger partial charge in [0, 0.05) is 34.4 Å². The Morgan fingerprint density at radius 3 is 3.05 bits per heavy atom. The van der Waals surface area contributed by atoms with Gasteiger partial charge in [0.2, 0.25) is 0 Å². The molecule has 0 saturated heterocycles. The van der Waals surface area contributed by atoms with Crippen LogP contribution in [0.3, 0.4) is 0 Å². The molecule has 3 heterocycles. The highest BCUT2D eigenvalue weighted by molar-refractivity contribution is 8.01. The van der Waals surface area contributed by atoms with Crippen molar-refractivity contribution in [1.29, 1.82) is 0 Å². The molecule has 5 heteroatoms. The predicted molar refractivity (Wildman–Crippen MR) is 90.0 cm³/mol. The van der Waals surface area contributed by atoms with Crippen molar-refractivity contribution < 1.29 is 0 Å². The number of nitrogens with zero attached hydrogens (tertiary/aromatic N) is 2. The number of hydrogen-bond acceptors (Lipinski definition) is 3. The van der Waals surface area contributed by atoms with Crippen molar-refractivity contribution in [3.63, 3.8) is 0 Å². The molecule has 0 amide bonds. The van der Waals surface area contributed by atoms with Crippen molar-refractivity contribution >= 4 is 46.3 Å². The van der Waals surface area contributed by atoms with Gasteiger partial charge in [0.15, 0.2) is 0 Å². The highest BCUT2D eigenvalue weighted by Crippen LogP contribution is 2.44. The average Bonchev–Trinajstić information content (AvgIpc) is 3.10. The van der Waals surface area contributed by atoms with E-state index in [-0.39, 0.29) is 0 Å². The molecule has 0 fully saturated rings. The molecule has 2 aromatic heterocycles. The molecule has 0 bridgehead atoms. The Morgan fingerprint density at radius 2 is 2.19 bits per heavy atom. The minimum Gasteiger partial charge on any atom is -0.333 e. The molecular formula is C16H11ClN2S2. The van der Waals surface area contributed by atoms with E-state index in [1.165, 1.54) is 25.8 Å². The summed E-state index contributed by atoms with van der Waals surface area (Å²) in [5.74, 6) is 0. The van der Waals surface area contributed by atoms with E-state index < -0.39 is 0 Å². The van der Waals surface area contributed by atoms with Gasteiger partial charge in [-0.15, -0.1) is 11.3 Å². The summed E-state index contributed by atoms with van der Waals surface area (Å²) in [6.07, 6.45) is 7.89. The fraction of sp³-hybridized carbons (Fsp3) is 0.0625. The highest BCUT2D eigenvalue weighted by Gasteiger charge is 2.17. The van der Waals surface area contributed by atoms with Crippen LogP contribution in [-0.2, 0) is 6.54 Å². The first kappa shape index (κ1) is 13.2. The van der Waals surface area contributed by atoms with E-state index in [9.17, 15) is 0 Å². The number of fused-ring (bicyclic) bond motifs is 2. The van der Waals surface area contributed by atoms with E-state index >= 15 is 0 Å². The SMILES string of the molecule is Clc1ccc2c(c1)C=C(Cn1ccnc1)c1ccsc1S2. The number of imidazole rings is 1. The summed E-state index contributed by atoms with van der Waals surface area (Å²) < 4.78 is 3.43. The summed E-state index contributed by atoms with van der Waals surface area (Å²) in [7, 11) is 0. The van der Waals surface area contributed by atoms with Crippen molar-refractivity contribution in [2.75, 3.05) is 0 Å². The standard InChI is InChI=1S/C16H11ClN2S2/c17-13-1-2-15-11(8-13)7-12(9-19-5-4-18-10-19)14-3-6-20-16(14)21-15/h1-8,10H,9H2. The first-order valence-electron chi connectivity index (χ1n) is 6.51. The Labute approximate surface area is 136 Å². The molecule has 0 spiro atoms. The molecule has 0 atom stereocenters. The van der Waals surface area contributed by atoms with Crippen LogP contribution in [0, 0.1) is 0 Å². The van der Waals surface area contributed by atoms with Crippen molar-refractivity contribution in [1.82, 2.24) is 9.55 Å². The number of thiophene rings is 1. The molecule has 2 nitrogen and oxygen atoms in total. The van der Waals surface area contributed by atoms with E-state index in [1.54, 1.807) is 11.3 Å². The largest absolute Gasteiger partial charge is 0.333 e. The smallest absolute Gasteiger partial charge is 0.0949 e. The van der Waals surface area contributed by atoms with Gasteiger partial charge in [-0.25, -0.2) is 4.98 Å². The van der Waals surface area contributed by atoms with Gasteiger partial charge in [0.1, 0.15) is 0 Å². The van der Waals surface area contributed by atoms with Crippen LogP contribution in [0.2, 0.25) is 5.02 Å². The number of allylic oxidation sites excluding steroid dienone is 1. The first-order chi connectivity index (χ1) is 10.3. The molecule has 21 heavy (non-hydrogen) atoms. The molecule has 0 N–H and O–H groups in total. The Kier molecular flexibility index (Phi) is 3.37. The van der Waals surface area contributed by atoms with E-state index in [0.29, 0.717) is 0 Å². The van der Waals surface area contributed by atoms with Crippen LogP contribution >= 0.6 is 34.7 Å². The minimum absolute atomic E-state index is 0.776. The third-order valence-electron chi connectivity index (χ3n) is 3.39. The van der Waals surface area contributed by atoms with E-state index in [4.69, 9.17) is 11.6 Å². The van der Waals surface area contributed by atoms with Crippen LogP contribution in [0.1, 0.15) is 11.1 Å². The summed E-state index contributed by atoms with van der Waals surface area (Å²) in [5.41, 5.74) is 3.79. The Morgan fingerprint density at radius 1 is 1.24 bits per heavy atom. The Hall–Kier alpha value is -1.49. The number of halogens is 1. The van der Waals surface area contributed by atoms with Gasteiger partial charge in [-0.3, -0.25) is 0 Å². The zero-order valence-electron chi connectivity index (χ0n) is 11.0. The van der Waals surface area contributed by atoms with E-state index in [1.807, 2.05) is 42.6 Å². The van der Waals surface area contributed by atoms with Gasteiger partial charge in [0.05, 0.1) is 10.5 Å². The van der Waals surface area contributed by atoms with Gasteiger partial charge in [-0.2, -0.15) is 0 Å². The molecule has 3 aromatic rings. The van der Waals surface area contributed by atoms with Gasteiger partial charge < -0.3 is 4.57 Å². The van der Waals surface area contributed by atoms with Gasteiger partial charge >= 0.3 is 0 Å². The Bertz CT molecular complexity index is 819. The maximum atomic E-state index is 6.15. The first-order valence-corrected chi connectivity index (χ1v) is 8.58. The third kappa shape index (κ3) is 2.55. The summed E-state index contributed by atoms with van der Waals surface area (Å²) in [6, 6.07) is 8.29. The molecule has 1 aliphatic heterocycles. The summed E-state index contributed by atoms with van der Waals surface area (Å²) in [4.78, 5) is 5.38. The van der Waals surface area contributed by atoms with Gasteiger partial charge in [-0.1, -0.05) is 23.4 Å². The van der Waals surface area contributed by atoms with Crippen LogP contribution in [0.15, 0.2) is 57.5 Å². The molecule has 4 rings (SSSR count). The topological polar surface area (TPSA) is 17.8 Å². The average molecular weight is 331 g/mol. The highest BCUT2D eigenvalue weighted by atomic mass is 35.5. The third-order valence-corrected chi connectivity index (χ3v) is 5.87. The normalized spacial score (nSPS) is 13.3. The lowest BCUT2D eigenvalue weighted by molar-refractivity contribution is 0.835. The van der Waals surface area contributed by atoms with Crippen LogP contribution in [0.4, 0.5) is 0 Å². The maximum absolute atomic E-state index is 6.15. The second-order valence-corrected chi connectivity index (χ2v) is 7.47. The molecule has 1 aliphatic rings. The molecule has 104 valence electrons. The zero-order chi connectivity index (χ0) is 14.2. The fourth-order valence-corrected chi connectivity index (χ4v) is 4.75. The van der Waals surface area contributed by atoms with Crippen molar-refractivity contribution in [3.8, 4) is 0 Å². The molecule has 0 radical (unpaired) electrons. The van der Waals surface area contributed by atoms with Gasteiger partial charge in [-0.05, 0) is 46.9 Å². The number of aromatic nitrogens is 2. The Balaban J connectivity index is 1.85. The molecule has 0 unspecified atom stereocenters. The number of rotatable bonds is 2. The molecular weight excluding hydrogens is 320 g/mol. The fourth-order valence-electron chi connectivity index (χ4n) is 2.41. The van der Waals surface area contributed by atoms with Crippen molar-refractivity contribution in [2.24, 2.45) is 0 Å².